The zero-order valence-electron chi connectivity index (χ0n) is 9.51. The molecule has 0 unspecified atom stereocenters. The van der Waals surface area contributed by atoms with E-state index in [1.54, 1.807) is 0 Å². The van der Waals surface area contributed by atoms with Crippen LogP contribution in [0.4, 0.5) is 0 Å². The van der Waals surface area contributed by atoms with Gasteiger partial charge >= 0.3 is 0 Å². The predicted molar refractivity (Wildman–Crippen MR) is 72.6 cm³/mol. The molecule has 82 valence electrons. The summed E-state index contributed by atoms with van der Waals surface area (Å²) < 4.78 is 0.116. The molecule has 1 aromatic carbocycles. The highest BCUT2D eigenvalue weighted by Gasteiger charge is 2.10. The Kier molecular flexibility index (Phi) is 4.32. The van der Waals surface area contributed by atoms with Crippen molar-refractivity contribution < 1.29 is 4.79 Å². The smallest absolute Gasteiger partial charge is 0.222 e. The number of halogens is 1. The van der Waals surface area contributed by atoms with Crippen LogP contribution in [0.2, 0.25) is 0 Å². The summed E-state index contributed by atoms with van der Waals surface area (Å²) in [6.45, 7) is 6.71. The van der Waals surface area contributed by atoms with Crippen LogP contribution in [0.3, 0.4) is 0 Å². The molecule has 15 heavy (non-hydrogen) atoms. The minimum absolute atomic E-state index is 0.116. The van der Waals surface area contributed by atoms with Gasteiger partial charge in [0.1, 0.15) is 0 Å². The monoisotopic (exact) mass is 316 g/mol. The van der Waals surface area contributed by atoms with Crippen molar-refractivity contribution in [1.29, 1.82) is 0 Å². The van der Waals surface area contributed by atoms with Gasteiger partial charge in [-0.15, -0.1) is 0 Å². The van der Waals surface area contributed by atoms with E-state index in [0.717, 1.165) is 18.4 Å². The predicted octanol–water partition coefficient (Wildman–Crippen LogP) is 4.24. The quantitative estimate of drug-likeness (QED) is 0.602. The number of rotatable bonds is 3. The van der Waals surface area contributed by atoms with Crippen LogP contribution in [-0.2, 0) is 6.42 Å². The van der Waals surface area contributed by atoms with Crippen LogP contribution in [0.5, 0.6) is 0 Å². The molecular formula is C13H17IO. The fourth-order valence-electron chi connectivity index (χ4n) is 1.37. The Labute approximate surface area is 105 Å². The number of hydrogen-bond donors (Lipinski definition) is 0. The standard InChI is InChI=1S/C13H17IO/c1-13(2,3)8-7-10-5-4-6-11(9-10)12(14)15/h4-6,9H,7-8H2,1-3H3. The van der Waals surface area contributed by atoms with Gasteiger partial charge in [-0.2, -0.15) is 0 Å². The van der Waals surface area contributed by atoms with Gasteiger partial charge in [0, 0.05) is 28.2 Å². The first-order valence-electron chi connectivity index (χ1n) is 5.17. The summed E-state index contributed by atoms with van der Waals surface area (Å²) in [5.74, 6) is 0. The number of hydrogen-bond acceptors (Lipinski definition) is 1. The fraction of sp³-hybridized carbons (Fsp3) is 0.462. The Hall–Kier alpha value is -0.380. The maximum absolute atomic E-state index is 11.2. The normalized spacial score (nSPS) is 11.5. The number of benzene rings is 1. The van der Waals surface area contributed by atoms with Gasteiger partial charge in [0.15, 0.2) is 0 Å². The van der Waals surface area contributed by atoms with E-state index in [4.69, 9.17) is 0 Å². The van der Waals surface area contributed by atoms with Gasteiger partial charge in [-0.1, -0.05) is 39.0 Å². The molecule has 1 aromatic rings. The van der Waals surface area contributed by atoms with Crippen LogP contribution < -0.4 is 0 Å². The average molecular weight is 316 g/mol. The van der Waals surface area contributed by atoms with Gasteiger partial charge in [-0.3, -0.25) is 4.79 Å². The Balaban J connectivity index is 2.70. The lowest BCUT2D eigenvalue weighted by atomic mass is 9.88. The first kappa shape index (κ1) is 12.7. The third kappa shape index (κ3) is 4.78. The topological polar surface area (TPSA) is 17.1 Å². The third-order valence-electron chi connectivity index (χ3n) is 2.32. The molecule has 0 fully saturated rings. The average Bonchev–Trinajstić information content (AvgIpc) is 2.14. The largest absolute Gasteiger partial charge is 0.282 e. The molecular weight excluding hydrogens is 299 g/mol. The van der Waals surface area contributed by atoms with E-state index >= 15 is 0 Å². The van der Waals surface area contributed by atoms with E-state index < -0.39 is 0 Å². The third-order valence-corrected chi connectivity index (χ3v) is 2.94. The summed E-state index contributed by atoms with van der Waals surface area (Å²) in [5.41, 5.74) is 2.42. The van der Waals surface area contributed by atoms with Crippen molar-refractivity contribution in [2.75, 3.05) is 0 Å². The first-order valence-corrected chi connectivity index (χ1v) is 6.25. The molecule has 0 N–H and O–H groups in total. The van der Waals surface area contributed by atoms with E-state index in [0.29, 0.717) is 5.41 Å². The highest BCUT2D eigenvalue weighted by Crippen LogP contribution is 2.22. The van der Waals surface area contributed by atoms with Crippen LogP contribution in [-0.4, -0.2) is 3.79 Å². The SMILES string of the molecule is CC(C)(C)CCc1cccc(C(=O)I)c1. The van der Waals surface area contributed by atoms with Gasteiger partial charge in [0.2, 0.25) is 3.79 Å². The summed E-state index contributed by atoms with van der Waals surface area (Å²) in [6, 6.07) is 7.93. The van der Waals surface area contributed by atoms with Gasteiger partial charge in [-0.05, 0) is 29.9 Å². The molecule has 0 amide bonds. The zero-order valence-corrected chi connectivity index (χ0v) is 11.7. The Morgan fingerprint density at radius 1 is 1.33 bits per heavy atom. The van der Waals surface area contributed by atoms with E-state index in [-0.39, 0.29) is 3.79 Å². The minimum Gasteiger partial charge on any atom is -0.282 e. The molecule has 0 saturated heterocycles. The van der Waals surface area contributed by atoms with Crippen LogP contribution >= 0.6 is 22.6 Å². The van der Waals surface area contributed by atoms with Crippen molar-refractivity contribution in [3.8, 4) is 0 Å². The summed E-state index contributed by atoms with van der Waals surface area (Å²) in [4.78, 5) is 11.2. The zero-order chi connectivity index (χ0) is 11.5. The molecule has 0 saturated carbocycles. The lowest BCUT2D eigenvalue weighted by Crippen LogP contribution is -2.06. The van der Waals surface area contributed by atoms with Gasteiger partial charge < -0.3 is 0 Å². The molecule has 1 nitrogen and oxygen atoms in total. The summed E-state index contributed by atoms with van der Waals surface area (Å²) in [6.07, 6.45) is 2.19. The fourth-order valence-corrected chi connectivity index (χ4v) is 1.70. The Bertz CT molecular complexity index is 350. The van der Waals surface area contributed by atoms with Crippen molar-refractivity contribution in [2.45, 2.75) is 33.6 Å². The van der Waals surface area contributed by atoms with E-state index in [9.17, 15) is 4.79 Å². The van der Waals surface area contributed by atoms with Gasteiger partial charge in [0.25, 0.3) is 0 Å². The van der Waals surface area contributed by atoms with Crippen molar-refractivity contribution in [2.24, 2.45) is 5.41 Å². The molecule has 0 bridgehead atoms. The number of carbonyl (C=O) groups is 1. The van der Waals surface area contributed by atoms with Crippen LogP contribution in [0.25, 0.3) is 0 Å². The maximum Gasteiger partial charge on any atom is 0.222 e. The van der Waals surface area contributed by atoms with Crippen molar-refractivity contribution >= 4 is 26.4 Å². The second kappa shape index (κ2) is 5.10. The van der Waals surface area contributed by atoms with Crippen LogP contribution in [0.1, 0.15) is 43.1 Å². The maximum atomic E-state index is 11.2. The molecule has 1 rings (SSSR count). The molecule has 0 atom stereocenters. The highest BCUT2D eigenvalue weighted by molar-refractivity contribution is 14.1. The summed E-state index contributed by atoms with van der Waals surface area (Å²) >= 11 is 1.83. The highest BCUT2D eigenvalue weighted by atomic mass is 127. The lowest BCUT2D eigenvalue weighted by molar-refractivity contribution is 0.110. The molecule has 0 aliphatic heterocycles. The molecule has 0 aliphatic carbocycles. The molecule has 0 aromatic heterocycles. The molecule has 2 heteroatoms. The van der Waals surface area contributed by atoms with Crippen LogP contribution in [0.15, 0.2) is 24.3 Å². The van der Waals surface area contributed by atoms with Crippen molar-refractivity contribution in [1.82, 2.24) is 0 Å². The Morgan fingerprint density at radius 3 is 2.53 bits per heavy atom. The minimum atomic E-state index is 0.116. The molecule has 0 aliphatic rings. The van der Waals surface area contributed by atoms with Gasteiger partial charge in [-0.25, -0.2) is 0 Å². The van der Waals surface area contributed by atoms with Crippen LogP contribution in [0, 0.1) is 5.41 Å². The molecule has 0 radical (unpaired) electrons. The van der Waals surface area contributed by atoms with Crippen molar-refractivity contribution in [3.63, 3.8) is 0 Å². The lowest BCUT2D eigenvalue weighted by Gasteiger charge is -2.17. The second-order valence-corrected chi connectivity index (χ2v) is 6.01. The second-order valence-electron chi connectivity index (χ2n) is 5.03. The molecule has 0 spiro atoms. The van der Waals surface area contributed by atoms with Gasteiger partial charge in [0.05, 0.1) is 0 Å². The Morgan fingerprint density at radius 2 is 2.00 bits per heavy atom. The summed E-state index contributed by atoms with van der Waals surface area (Å²) in [5, 5.41) is 0. The number of aryl methyl sites for hydroxylation is 1. The van der Waals surface area contributed by atoms with E-state index in [1.165, 1.54) is 5.56 Å². The summed E-state index contributed by atoms with van der Waals surface area (Å²) in [7, 11) is 0. The first-order chi connectivity index (χ1) is 6.88. The van der Waals surface area contributed by atoms with E-state index in [1.807, 2.05) is 40.8 Å². The molecule has 0 heterocycles. The number of carbonyl (C=O) groups excluding carboxylic acids is 1. The van der Waals surface area contributed by atoms with Crippen molar-refractivity contribution in [3.05, 3.63) is 35.4 Å². The van der Waals surface area contributed by atoms with E-state index in [2.05, 4.69) is 26.8 Å².